The third-order valence-corrected chi connectivity index (χ3v) is 4.91. The molecule has 0 aliphatic heterocycles. The lowest BCUT2D eigenvalue weighted by Crippen LogP contribution is -2.07. The SMILES string of the molecule is CCC1CC1(C)C1CC1(C)CC. The van der Waals surface area contributed by atoms with Crippen LogP contribution in [0.4, 0.5) is 0 Å². The summed E-state index contributed by atoms with van der Waals surface area (Å²) >= 11 is 0. The van der Waals surface area contributed by atoms with Crippen molar-refractivity contribution in [3.05, 3.63) is 0 Å². The Morgan fingerprint density at radius 3 is 2.17 bits per heavy atom. The lowest BCUT2D eigenvalue weighted by atomic mass is 9.91. The first-order valence-electron chi connectivity index (χ1n) is 5.57. The molecule has 70 valence electrons. The van der Waals surface area contributed by atoms with Crippen LogP contribution < -0.4 is 0 Å². The van der Waals surface area contributed by atoms with Crippen LogP contribution in [0.25, 0.3) is 0 Å². The molecule has 0 aromatic heterocycles. The maximum Gasteiger partial charge on any atom is -0.0261 e. The summed E-state index contributed by atoms with van der Waals surface area (Å²) in [5.41, 5.74) is 1.50. The molecule has 0 heterocycles. The van der Waals surface area contributed by atoms with Crippen molar-refractivity contribution in [2.75, 3.05) is 0 Å². The van der Waals surface area contributed by atoms with Crippen molar-refractivity contribution in [1.82, 2.24) is 0 Å². The normalized spacial score (nSPS) is 57.0. The first kappa shape index (κ1) is 8.59. The van der Waals surface area contributed by atoms with Crippen molar-refractivity contribution in [2.24, 2.45) is 22.7 Å². The van der Waals surface area contributed by atoms with E-state index in [-0.39, 0.29) is 0 Å². The van der Waals surface area contributed by atoms with E-state index in [4.69, 9.17) is 0 Å². The second-order valence-electron chi connectivity index (χ2n) is 5.58. The number of hydrogen-bond acceptors (Lipinski definition) is 0. The lowest BCUT2D eigenvalue weighted by Gasteiger charge is -2.14. The van der Waals surface area contributed by atoms with Gasteiger partial charge in [-0.15, -0.1) is 0 Å². The van der Waals surface area contributed by atoms with Crippen LogP contribution in [0.15, 0.2) is 0 Å². The Morgan fingerprint density at radius 1 is 1.17 bits per heavy atom. The highest BCUT2D eigenvalue weighted by molar-refractivity contribution is 5.15. The molecule has 0 heteroatoms. The molecule has 0 radical (unpaired) electrons. The van der Waals surface area contributed by atoms with Crippen molar-refractivity contribution in [3.8, 4) is 0 Å². The maximum absolute atomic E-state index is 2.52. The molecule has 0 spiro atoms. The third-order valence-electron chi connectivity index (χ3n) is 4.91. The van der Waals surface area contributed by atoms with Crippen molar-refractivity contribution in [1.29, 1.82) is 0 Å². The molecule has 4 atom stereocenters. The largest absolute Gasteiger partial charge is 0.0651 e. The molecule has 4 unspecified atom stereocenters. The van der Waals surface area contributed by atoms with Crippen LogP contribution in [0.1, 0.15) is 53.4 Å². The zero-order valence-corrected chi connectivity index (χ0v) is 8.98. The zero-order valence-electron chi connectivity index (χ0n) is 8.98. The summed E-state index contributed by atoms with van der Waals surface area (Å²) in [4.78, 5) is 0. The fraction of sp³-hybridized carbons (Fsp3) is 1.00. The van der Waals surface area contributed by atoms with E-state index in [2.05, 4.69) is 27.7 Å². The van der Waals surface area contributed by atoms with E-state index in [0.717, 1.165) is 22.7 Å². The summed E-state index contributed by atoms with van der Waals surface area (Å²) in [5, 5.41) is 0. The van der Waals surface area contributed by atoms with Crippen molar-refractivity contribution in [3.63, 3.8) is 0 Å². The molecule has 0 N–H and O–H groups in total. The van der Waals surface area contributed by atoms with Crippen LogP contribution >= 0.6 is 0 Å². The van der Waals surface area contributed by atoms with E-state index in [1.807, 2.05) is 0 Å². The molecule has 2 rings (SSSR count). The van der Waals surface area contributed by atoms with Gasteiger partial charge in [0, 0.05) is 0 Å². The molecule has 2 saturated carbocycles. The topological polar surface area (TPSA) is 0 Å². The van der Waals surface area contributed by atoms with E-state index in [9.17, 15) is 0 Å². The number of rotatable bonds is 3. The van der Waals surface area contributed by atoms with Gasteiger partial charge in [-0.1, -0.05) is 40.5 Å². The second-order valence-corrected chi connectivity index (χ2v) is 5.58. The highest BCUT2D eigenvalue weighted by Gasteiger charge is 2.66. The molecule has 12 heavy (non-hydrogen) atoms. The van der Waals surface area contributed by atoms with Crippen LogP contribution in [0.3, 0.4) is 0 Å². The van der Waals surface area contributed by atoms with Gasteiger partial charge in [0.05, 0.1) is 0 Å². The minimum absolute atomic E-state index is 0.735. The van der Waals surface area contributed by atoms with E-state index in [1.165, 1.54) is 25.7 Å². The van der Waals surface area contributed by atoms with Crippen molar-refractivity contribution >= 4 is 0 Å². The fourth-order valence-electron chi connectivity index (χ4n) is 3.34. The molecule has 2 aliphatic rings. The molecular formula is C12H22. The Morgan fingerprint density at radius 2 is 1.83 bits per heavy atom. The smallest absolute Gasteiger partial charge is 0.0261 e. The Labute approximate surface area is 76.7 Å². The Bertz CT molecular complexity index is 196. The molecule has 2 aliphatic carbocycles. The number of hydrogen-bond donors (Lipinski definition) is 0. The quantitative estimate of drug-likeness (QED) is 0.597. The lowest BCUT2D eigenvalue weighted by molar-refractivity contribution is 0.344. The van der Waals surface area contributed by atoms with Crippen molar-refractivity contribution in [2.45, 2.75) is 53.4 Å². The standard InChI is InChI=1S/C12H22/c1-5-9-7-12(9,4)10-8-11(10,3)6-2/h9-10H,5-8H2,1-4H3. The van der Waals surface area contributed by atoms with Gasteiger partial charge in [-0.25, -0.2) is 0 Å². The Hall–Kier alpha value is 0. The predicted molar refractivity (Wildman–Crippen MR) is 53.0 cm³/mol. The Kier molecular flexibility index (Phi) is 1.63. The van der Waals surface area contributed by atoms with Gasteiger partial charge in [0.25, 0.3) is 0 Å². The first-order chi connectivity index (χ1) is 5.57. The van der Waals surface area contributed by atoms with Crippen LogP contribution in [0.5, 0.6) is 0 Å². The highest BCUT2D eigenvalue weighted by atomic mass is 14.7. The minimum Gasteiger partial charge on any atom is -0.0651 e. The average Bonchev–Trinajstić information content (AvgIpc) is 2.90. The average molecular weight is 166 g/mol. The summed E-state index contributed by atoms with van der Waals surface area (Å²) < 4.78 is 0. The molecule has 0 bridgehead atoms. The van der Waals surface area contributed by atoms with E-state index in [1.54, 1.807) is 0 Å². The molecule has 0 saturated heterocycles. The summed E-state index contributed by atoms with van der Waals surface area (Å²) in [6.45, 7) is 9.70. The van der Waals surface area contributed by atoms with Crippen LogP contribution in [-0.2, 0) is 0 Å². The summed E-state index contributed by atoms with van der Waals surface area (Å²) in [6.07, 6.45) is 5.83. The third kappa shape index (κ3) is 0.963. The maximum atomic E-state index is 2.52. The molecule has 2 fully saturated rings. The summed E-state index contributed by atoms with van der Waals surface area (Å²) in [6, 6.07) is 0. The van der Waals surface area contributed by atoms with Gasteiger partial charge in [-0.3, -0.25) is 0 Å². The Balaban J connectivity index is 1.98. The molecule has 0 amide bonds. The highest BCUT2D eigenvalue weighted by Crippen LogP contribution is 2.74. The summed E-state index contributed by atoms with van der Waals surface area (Å²) in [5.74, 6) is 2.14. The summed E-state index contributed by atoms with van der Waals surface area (Å²) in [7, 11) is 0. The van der Waals surface area contributed by atoms with Gasteiger partial charge < -0.3 is 0 Å². The second kappa shape index (κ2) is 2.27. The molecule has 0 nitrogen and oxygen atoms in total. The van der Waals surface area contributed by atoms with Crippen LogP contribution in [0, 0.1) is 22.7 Å². The van der Waals surface area contributed by atoms with Crippen molar-refractivity contribution < 1.29 is 0 Å². The van der Waals surface area contributed by atoms with Gasteiger partial charge in [0.1, 0.15) is 0 Å². The molecule has 0 aromatic carbocycles. The fourth-order valence-corrected chi connectivity index (χ4v) is 3.34. The van der Waals surface area contributed by atoms with Crippen LogP contribution in [-0.4, -0.2) is 0 Å². The first-order valence-corrected chi connectivity index (χ1v) is 5.57. The van der Waals surface area contributed by atoms with Gasteiger partial charge in [-0.05, 0) is 35.5 Å². The van der Waals surface area contributed by atoms with Crippen LogP contribution in [0.2, 0.25) is 0 Å². The molecule has 0 aromatic rings. The van der Waals surface area contributed by atoms with Gasteiger partial charge in [0.15, 0.2) is 0 Å². The zero-order chi connectivity index (χ0) is 8.98. The molecular weight excluding hydrogens is 144 g/mol. The minimum atomic E-state index is 0.735. The van der Waals surface area contributed by atoms with E-state index < -0.39 is 0 Å². The van der Waals surface area contributed by atoms with E-state index in [0.29, 0.717) is 0 Å². The monoisotopic (exact) mass is 166 g/mol. The van der Waals surface area contributed by atoms with Gasteiger partial charge >= 0.3 is 0 Å². The van der Waals surface area contributed by atoms with Gasteiger partial charge in [-0.2, -0.15) is 0 Å². The van der Waals surface area contributed by atoms with Gasteiger partial charge in [0.2, 0.25) is 0 Å². The van der Waals surface area contributed by atoms with E-state index >= 15 is 0 Å². The predicted octanol–water partition coefficient (Wildman–Crippen LogP) is 3.86.